The van der Waals surface area contributed by atoms with Crippen molar-refractivity contribution in [3.63, 3.8) is 0 Å². The Morgan fingerprint density at radius 2 is 2.14 bits per heavy atom. The van der Waals surface area contributed by atoms with Gasteiger partial charge in [0.1, 0.15) is 0 Å². The summed E-state index contributed by atoms with van der Waals surface area (Å²) in [6.45, 7) is 2.37. The van der Waals surface area contributed by atoms with Crippen LogP contribution in [0, 0.1) is 4.77 Å². The molecule has 0 fully saturated rings. The Morgan fingerprint density at radius 3 is 2.95 bits per heavy atom. The molecule has 7 nitrogen and oxygen atoms in total. The SMILES string of the molecule is CCn1c(=O)c(-c2c[nH]c3ccccc23)nn2c(=S)[nH]nc12. The van der Waals surface area contributed by atoms with Crippen LogP contribution in [0.5, 0.6) is 0 Å². The Morgan fingerprint density at radius 1 is 1.32 bits per heavy atom. The van der Waals surface area contributed by atoms with E-state index in [4.69, 9.17) is 12.2 Å². The topological polar surface area (TPSA) is 83.8 Å². The molecule has 0 spiro atoms. The smallest absolute Gasteiger partial charge is 0.281 e. The van der Waals surface area contributed by atoms with Gasteiger partial charge >= 0.3 is 0 Å². The fourth-order valence-corrected chi connectivity index (χ4v) is 2.80. The molecule has 4 rings (SSSR count). The molecule has 8 heteroatoms. The minimum absolute atomic E-state index is 0.186. The predicted molar refractivity (Wildman–Crippen MR) is 85.4 cm³/mol. The highest BCUT2D eigenvalue weighted by molar-refractivity contribution is 7.71. The van der Waals surface area contributed by atoms with E-state index < -0.39 is 0 Å². The van der Waals surface area contributed by atoms with Crippen molar-refractivity contribution in [2.75, 3.05) is 0 Å². The van der Waals surface area contributed by atoms with Gasteiger partial charge in [0.15, 0.2) is 5.69 Å². The fourth-order valence-electron chi connectivity index (χ4n) is 2.63. The zero-order valence-corrected chi connectivity index (χ0v) is 12.5. The zero-order valence-electron chi connectivity index (χ0n) is 11.7. The molecule has 0 saturated carbocycles. The van der Waals surface area contributed by atoms with Gasteiger partial charge in [-0.1, -0.05) is 18.2 Å². The van der Waals surface area contributed by atoms with E-state index in [1.165, 1.54) is 4.52 Å². The van der Waals surface area contributed by atoms with Crippen molar-refractivity contribution >= 4 is 28.9 Å². The number of rotatable bonds is 2. The quantitative estimate of drug-likeness (QED) is 0.555. The highest BCUT2D eigenvalue weighted by atomic mass is 32.1. The first-order valence-electron chi connectivity index (χ1n) is 6.85. The number of hydrogen-bond donors (Lipinski definition) is 2. The minimum Gasteiger partial charge on any atom is -0.360 e. The Labute approximate surface area is 129 Å². The molecule has 3 heterocycles. The van der Waals surface area contributed by atoms with Crippen LogP contribution in [0.4, 0.5) is 0 Å². The summed E-state index contributed by atoms with van der Waals surface area (Å²) in [5.74, 6) is 0.418. The number of aromatic amines is 2. The van der Waals surface area contributed by atoms with Crippen molar-refractivity contribution in [2.24, 2.45) is 0 Å². The molecule has 4 aromatic rings. The van der Waals surface area contributed by atoms with Gasteiger partial charge in [0.2, 0.25) is 4.77 Å². The maximum atomic E-state index is 12.8. The standard InChI is InChI=1S/C14H12N6OS/c1-2-19-12(21)11(18-20-13(19)16-17-14(20)22)9-7-15-10-6-4-3-5-8(9)10/h3-7,15H,2H2,1H3,(H,17,22). The van der Waals surface area contributed by atoms with Crippen LogP contribution < -0.4 is 5.56 Å². The lowest BCUT2D eigenvalue weighted by molar-refractivity contribution is 0.697. The summed E-state index contributed by atoms with van der Waals surface area (Å²) in [4.78, 5) is 15.9. The summed E-state index contributed by atoms with van der Waals surface area (Å²) in [7, 11) is 0. The van der Waals surface area contributed by atoms with Gasteiger partial charge < -0.3 is 4.98 Å². The number of nitrogens with one attached hydrogen (secondary N) is 2. The van der Waals surface area contributed by atoms with E-state index in [-0.39, 0.29) is 5.56 Å². The first-order chi connectivity index (χ1) is 10.7. The lowest BCUT2D eigenvalue weighted by Gasteiger charge is -2.06. The summed E-state index contributed by atoms with van der Waals surface area (Å²) >= 11 is 5.18. The molecule has 3 aromatic heterocycles. The monoisotopic (exact) mass is 312 g/mol. The van der Waals surface area contributed by atoms with E-state index in [9.17, 15) is 4.79 Å². The van der Waals surface area contributed by atoms with Crippen LogP contribution >= 0.6 is 12.2 Å². The number of aromatic nitrogens is 6. The lowest BCUT2D eigenvalue weighted by atomic mass is 10.1. The van der Waals surface area contributed by atoms with E-state index in [0.29, 0.717) is 22.8 Å². The number of aryl methyl sites for hydroxylation is 1. The van der Waals surface area contributed by atoms with E-state index >= 15 is 0 Å². The van der Waals surface area contributed by atoms with Crippen LogP contribution in [0.1, 0.15) is 6.92 Å². The molecule has 2 N–H and O–H groups in total. The average molecular weight is 312 g/mol. The largest absolute Gasteiger partial charge is 0.360 e. The summed E-state index contributed by atoms with van der Waals surface area (Å²) in [5.41, 5.74) is 1.88. The third-order valence-electron chi connectivity index (χ3n) is 3.68. The molecule has 0 atom stereocenters. The first kappa shape index (κ1) is 13.0. The van der Waals surface area contributed by atoms with Crippen molar-refractivity contribution in [1.82, 2.24) is 29.4 Å². The molecule has 0 unspecified atom stereocenters. The number of benzene rings is 1. The van der Waals surface area contributed by atoms with Crippen LogP contribution in [0.15, 0.2) is 35.3 Å². The molecule has 0 aliphatic rings. The van der Waals surface area contributed by atoms with Crippen LogP contribution in [-0.4, -0.2) is 29.4 Å². The second-order valence-electron chi connectivity index (χ2n) is 4.89. The fraction of sp³-hybridized carbons (Fsp3) is 0.143. The number of para-hydroxylation sites is 1. The normalized spacial score (nSPS) is 11.5. The van der Waals surface area contributed by atoms with Crippen molar-refractivity contribution in [2.45, 2.75) is 13.5 Å². The third-order valence-corrected chi connectivity index (χ3v) is 3.95. The molecule has 0 aliphatic heterocycles. The molecule has 0 bridgehead atoms. The zero-order chi connectivity index (χ0) is 15.3. The molecular formula is C14H12N6OS. The van der Waals surface area contributed by atoms with Gasteiger partial charge in [0.25, 0.3) is 11.3 Å². The Bertz CT molecular complexity index is 1120. The van der Waals surface area contributed by atoms with Gasteiger partial charge in [0, 0.05) is 29.2 Å². The van der Waals surface area contributed by atoms with Gasteiger partial charge in [-0.2, -0.15) is 9.61 Å². The number of nitrogens with zero attached hydrogens (tertiary/aromatic N) is 4. The van der Waals surface area contributed by atoms with Gasteiger partial charge in [-0.3, -0.25) is 9.36 Å². The van der Waals surface area contributed by atoms with Crippen LogP contribution in [-0.2, 0) is 6.54 Å². The molecule has 0 saturated heterocycles. The Hall–Kier alpha value is -2.74. The second-order valence-corrected chi connectivity index (χ2v) is 5.27. The van der Waals surface area contributed by atoms with Crippen molar-refractivity contribution < 1.29 is 0 Å². The van der Waals surface area contributed by atoms with E-state index in [1.807, 2.05) is 31.2 Å². The van der Waals surface area contributed by atoms with E-state index in [0.717, 1.165) is 16.5 Å². The third kappa shape index (κ3) is 1.67. The average Bonchev–Trinajstić information content (AvgIpc) is 3.11. The summed E-state index contributed by atoms with van der Waals surface area (Å²) in [6.07, 6.45) is 1.80. The maximum Gasteiger partial charge on any atom is 0.281 e. The first-order valence-corrected chi connectivity index (χ1v) is 7.26. The predicted octanol–water partition coefficient (Wildman–Crippen LogP) is 2.12. The molecule has 0 aliphatic carbocycles. The summed E-state index contributed by atoms with van der Waals surface area (Å²) < 4.78 is 3.39. The Balaban J connectivity index is 2.15. The summed E-state index contributed by atoms with van der Waals surface area (Å²) in [6, 6.07) is 7.78. The maximum absolute atomic E-state index is 12.8. The molecule has 22 heavy (non-hydrogen) atoms. The summed E-state index contributed by atoms with van der Waals surface area (Å²) in [5, 5.41) is 12.1. The van der Waals surface area contributed by atoms with Crippen LogP contribution in [0.3, 0.4) is 0 Å². The highest BCUT2D eigenvalue weighted by Gasteiger charge is 2.16. The molecule has 110 valence electrons. The number of fused-ring (bicyclic) bond motifs is 2. The Kier molecular flexibility index (Phi) is 2.73. The van der Waals surface area contributed by atoms with Gasteiger partial charge in [-0.15, -0.1) is 5.10 Å². The number of hydrogen-bond acceptors (Lipinski definition) is 4. The van der Waals surface area contributed by atoms with Crippen LogP contribution in [0.25, 0.3) is 27.9 Å². The lowest BCUT2D eigenvalue weighted by Crippen LogP contribution is -2.25. The van der Waals surface area contributed by atoms with E-state index in [2.05, 4.69) is 20.3 Å². The molecule has 0 radical (unpaired) electrons. The van der Waals surface area contributed by atoms with Gasteiger partial charge in [-0.05, 0) is 25.2 Å². The minimum atomic E-state index is -0.186. The van der Waals surface area contributed by atoms with E-state index in [1.54, 1.807) is 10.8 Å². The van der Waals surface area contributed by atoms with Crippen molar-refractivity contribution in [3.8, 4) is 11.3 Å². The van der Waals surface area contributed by atoms with Gasteiger partial charge in [0.05, 0.1) is 0 Å². The van der Waals surface area contributed by atoms with Crippen molar-refractivity contribution in [3.05, 3.63) is 45.6 Å². The molecule has 0 amide bonds. The van der Waals surface area contributed by atoms with Gasteiger partial charge in [-0.25, -0.2) is 5.10 Å². The molecule has 1 aromatic carbocycles. The van der Waals surface area contributed by atoms with Crippen molar-refractivity contribution in [1.29, 1.82) is 0 Å². The highest BCUT2D eigenvalue weighted by Crippen LogP contribution is 2.24. The molecular weight excluding hydrogens is 300 g/mol. The second kappa shape index (κ2) is 4.63. The number of H-pyrrole nitrogens is 2. The van der Waals surface area contributed by atoms with Crippen LogP contribution in [0.2, 0.25) is 0 Å².